The van der Waals surface area contributed by atoms with Crippen LogP contribution in [0.1, 0.15) is 278 Å². The zero-order valence-electron chi connectivity index (χ0n) is 49.9. The van der Waals surface area contributed by atoms with Gasteiger partial charge in [-0.3, -0.25) is 14.4 Å². The molecule has 0 amide bonds. The van der Waals surface area contributed by atoms with Gasteiger partial charge in [0, 0.05) is 19.3 Å². The fraction of sp³-hybridized carbons (Fsp3) is 0.648. The molecule has 6 nitrogen and oxygen atoms in total. The van der Waals surface area contributed by atoms with Crippen molar-refractivity contribution in [3.63, 3.8) is 0 Å². The smallest absolute Gasteiger partial charge is 0.306 e. The second-order valence-corrected chi connectivity index (χ2v) is 20.5. The molecule has 436 valence electrons. The molecule has 0 radical (unpaired) electrons. The maximum Gasteiger partial charge on any atom is 0.306 e. The summed E-state index contributed by atoms with van der Waals surface area (Å²) in [6.07, 6.45) is 90.2. The molecule has 0 rings (SSSR count). The Morgan fingerprint density at radius 1 is 0.273 bits per heavy atom. The van der Waals surface area contributed by atoms with E-state index in [0.717, 1.165) is 135 Å². The van der Waals surface area contributed by atoms with Crippen LogP contribution < -0.4 is 0 Å². The van der Waals surface area contributed by atoms with Gasteiger partial charge in [-0.2, -0.15) is 0 Å². The minimum atomic E-state index is -0.810. The first-order chi connectivity index (χ1) is 38.0. The molecule has 0 spiro atoms. The lowest BCUT2D eigenvalue weighted by molar-refractivity contribution is -0.167. The topological polar surface area (TPSA) is 78.9 Å². The molecule has 0 aliphatic heterocycles. The molecule has 0 aromatic carbocycles. The van der Waals surface area contributed by atoms with Crippen molar-refractivity contribution in [1.29, 1.82) is 0 Å². The molecule has 0 bridgehead atoms. The molecule has 0 heterocycles. The van der Waals surface area contributed by atoms with Crippen LogP contribution >= 0.6 is 0 Å². The summed E-state index contributed by atoms with van der Waals surface area (Å²) in [5.74, 6) is -0.961. The average Bonchev–Trinajstić information content (AvgIpc) is 3.43. The number of hydrogen-bond donors (Lipinski definition) is 0. The molecule has 1 atom stereocenters. The molecule has 6 heteroatoms. The van der Waals surface area contributed by atoms with Gasteiger partial charge in [-0.15, -0.1) is 0 Å². The van der Waals surface area contributed by atoms with Crippen LogP contribution in [0.25, 0.3) is 0 Å². The number of rotatable bonds is 56. The van der Waals surface area contributed by atoms with Crippen LogP contribution in [0, 0.1) is 0 Å². The average molecular weight is 1070 g/mol. The number of allylic oxidation sites excluding steroid dienone is 22. The molecule has 0 saturated heterocycles. The second-order valence-electron chi connectivity index (χ2n) is 20.5. The number of esters is 3. The normalized spacial score (nSPS) is 13.0. The quantitative estimate of drug-likeness (QED) is 0.0261. The van der Waals surface area contributed by atoms with E-state index in [1.54, 1.807) is 0 Å². The van der Waals surface area contributed by atoms with E-state index in [9.17, 15) is 14.4 Å². The highest BCUT2D eigenvalue weighted by Gasteiger charge is 2.19. The molecule has 0 aromatic heterocycles. The molecular weight excluding hydrogens is 949 g/mol. The van der Waals surface area contributed by atoms with Crippen LogP contribution in [0.3, 0.4) is 0 Å². The maximum absolute atomic E-state index is 12.9. The van der Waals surface area contributed by atoms with Gasteiger partial charge in [-0.05, 0) is 135 Å². The summed E-state index contributed by atoms with van der Waals surface area (Å²) in [4.78, 5) is 38.3. The van der Waals surface area contributed by atoms with Crippen molar-refractivity contribution in [1.82, 2.24) is 0 Å². The standard InChI is InChI=1S/C71H116O6/c1-4-7-10-13-16-19-22-25-28-30-32-34-35-37-38-40-43-46-49-52-55-58-61-64-70(73)76-67-68(66-75-69(72)63-60-57-54-51-48-45-42-27-24-21-18-15-12-9-6-3)77-71(74)65-62-59-56-53-50-47-44-41-39-36-33-31-29-26-23-20-17-14-11-8-5-2/h7,9-10,12,16,18-19,21,23,25-28,31-34,39,41-42,48,51,68H,4-6,8,11,13-15,17,20,22,24,29-30,35-38,40,43-47,49-50,52-67H2,1-3H3/b10-7-,12-9-,19-16-,21-18-,26-23-,28-25-,33-31-,34-32-,41-39-,42-27-,51-48-. The van der Waals surface area contributed by atoms with Crippen molar-refractivity contribution >= 4 is 17.9 Å². The number of carbonyl (C=O) groups excluding carboxylic acids is 3. The van der Waals surface area contributed by atoms with Gasteiger partial charge < -0.3 is 14.2 Å². The molecule has 0 aromatic rings. The Morgan fingerprint density at radius 3 is 0.818 bits per heavy atom. The van der Waals surface area contributed by atoms with Crippen molar-refractivity contribution in [3.05, 3.63) is 134 Å². The predicted molar refractivity (Wildman–Crippen MR) is 334 cm³/mol. The van der Waals surface area contributed by atoms with E-state index in [4.69, 9.17) is 14.2 Å². The third-order valence-corrected chi connectivity index (χ3v) is 13.1. The molecule has 0 aliphatic rings. The van der Waals surface area contributed by atoms with Crippen LogP contribution in [-0.2, 0) is 28.6 Å². The Bertz CT molecular complexity index is 1650. The van der Waals surface area contributed by atoms with Gasteiger partial charge in [0.1, 0.15) is 13.2 Å². The van der Waals surface area contributed by atoms with Crippen molar-refractivity contribution in [3.8, 4) is 0 Å². The van der Waals surface area contributed by atoms with Gasteiger partial charge in [0.25, 0.3) is 0 Å². The Labute approximate surface area is 475 Å². The molecule has 1 unspecified atom stereocenters. The Hall–Kier alpha value is -4.45. The van der Waals surface area contributed by atoms with E-state index in [-0.39, 0.29) is 31.1 Å². The summed E-state index contributed by atoms with van der Waals surface area (Å²) in [7, 11) is 0. The highest BCUT2D eigenvalue weighted by molar-refractivity contribution is 5.71. The minimum Gasteiger partial charge on any atom is -0.462 e. The van der Waals surface area contributed by atoms with Gasteiger partial charge in [-0.1, -0.05) is 257 Å². The van der Waals surface area contributed by atoms with Gasteiger partial charge in [0.05, 0.1) is 0 Å². The molecule has 0 aliphatic carbocycles. The highest BCUT2D eigenvalue weighted by Crippen LogP contribution is 2.15. The van der Waals surface area contributed by atoms with Crippen molar-refractivity contribution in [2.24, 2.45) is 0 Å². The molecule has 0 N–H and O–H groups in total. The maximum atomic E-state index is 12.9. The van der Waals surface area contributed by atoms with E-state index >= 15 is 0 Å². The number of carbonyl (C=O) groups is 3. The Kier molecular flexibility index (Phi) is 60.4. The summed E-state index contributed by atoms with van der Waals surface area (Å²) < 4.78 is 16.9. The lowest BCUT2D eigenvalue weighted by Gasteiger charge is -2.18. The SMILES string of the molecule is CC/C=C\C/C=C\C/C=C\C/C=C\CCCCCCCCCCCCC(=O)OCC(COC(=O)CCCC/C=C\C/C=C\C/C=C\C/C=C\CC)OC(=O)CCCCCCCC/C=C\C/C=C\C/C=C\CCCCCCC. The first-order valence-electron chi connectivity index (χ1n) is 31.7. The van der Waals surface area contributed by atoms with E-state index in [1.807, 2.05) is 0 Å². The van der Waals surface area contributed by atoms with Crippen LogP contribution in [-0.4, -0.2) is 37.2 Å². The lowest BCUT2D eigenvalue weighted by atomic mass is 10.1. The van der Waals surface area contributed by atoms with Crippen molar-refractivity contribution in [2.45, 2.75) is 284 Å². The van der Waals surface area contributed by atoms with Gasteiger partial charge >= 0.3 is 17.9 Å². The summed E-state index contributed by atoms with van der Waals surface area (Å²) >= 11 is 0. The fourth-order valence-electron chi connectivity index (χ4n) is 8.43. The van der Waals surface area contributed by atoms with Gasteiger partial charge in [0.2, 0.25) is 0 Å². The Balaban J connectivity index is 4.45. The number of unbranched alkanes of at least 4 members (excludes halogenated alkanes) is 23. The summed E-state index contributed by atoms with van der Waals surface area (Å²) in [5.41, 5.74) is 0. The molecule has 77 heavy (non-hydrogen) atoms. The first-order valence-corrected chi connectivity index (χ1v) is 31.7. The van der Waals surface area contributed by atoms with E-state index < -0.39 is 6.10 Å². The number of ether oxygens (including phenoxy) is 3. The van der Waals surface area contributed by atoms with Crippen molar-refractivity contribution in [2.75, 3.05) is 13.2 Å². The zero-order valence-corrected chi connectivity index (χ0v) is 49.9. The molecule has 0 saturated carbocycles. The van der Waals surface area contributed by atoms with Crippen LogP contribution in [0.5, 0.6) is 0 Å². The van der Waals surface area contributed by atoms with E-state index in [0.29, 0.717) is 19.3 Å². The van der Waals surface area contributed by atoms with Crippen LogP contribution in [0.2, 0.25) is 0 Å². The first kappa shape index (κ1) is 72.5. The third-order valence-electron chi connectivity index (χ3n) is 13.1. The largest absolute Gasteiger partial charge is 0.462 e. The molecular formula is C71H116O6. The van der Waals surface area contributed by atoms with Gasteiger partial charge in [-0.25, -0.2) is 0 Å². The summed E-state index contributed by atoms with van der Waals surface area (Å²) in [6, 6.07) is 0. The highest BCUT2D eigenvalue weighted by atomic mass is 16.6. The predicted octanol–water partition coefficient (Wildman–Crippen LogP) is 21.8. The van der Waals surface area contributed by atoms with Crippen molar-refractivity contribution < 1.29 is 28.6 Å². The summed E-state index contributed by atoms with van der Waals surface area (Å²) in [6.45, 7) is 6.36. The van der Waals surface area contributed by atoms with E-state index in [2.05, 4.69) is 154 Å². The van der Waals surface area contributed by atoms with Crippen LogP contribution in [0.15, 0.2) is 134 Å². The minimum absolute atomic E-state index is 0.103. The van der Waals surface area contributed by atoms with Crippen LogP contribution in [0.4, 0.5) is 0 Å². The monoisotopic (exact) mass is 1060 g/mol. The van der Waals surface area contributed by atoms with Gasteiger partial charge in [0.15, 0.2) is 6.10 Å². The molecule has 0 fully saturated rings. The summed E-state index contributed by atoms with van der Waals surface area (Å²) in [5, 5.41) is 0. The Morgan fingerprint density at radius 2 is 0.506 bits per heavy atom. The third kappa shape index (κ3) is 62.3. The fourth-order valence-corrected chi connectivity index (χ4v) is 8.43. The lowest BCUT2D eigenvalue weighted by Crippen LogP contribution is -2.30. The van der Waals surface area contributed by atoms with E-state index in [1.165, 1.54) is 103 Å². The zero-order chi connectivity index (χ0) is 55.7. The second kappa shape index (κ2) is 64.1. The number of hydrogen-bond acceptors (Lipinski definition) is 6.